The molecule has 0 atom stereocenters. The molecule has 1 aliphatic rings. The van der Waals surface area contributed by atoms with Gasteiger partial charge in [0.1, 0.15) is 0 Å². The van der Waals surface area contributed by atoms with Crippen molar-refractivity contribution in [2.75, 3.05) is 0 Å². The molecule has 220 valence electrons. The highest BCUT2D eigenvalue weighted by atomic mass is 14.4. The summed E-state index contributed by atoms with van der Waals surface area (Å²) in [4.78, 5) is 0. The van der Waals surface area contributed by atoms with Gasteiger partial charge in [-0.15, -0.1) is 0 Å². The van der Waals surface area contributed by atoms with Gasteiger partial charge in [0.05, 0.1) is 0 Å². The van der Waals surface area contributed by atoms with Crippen LogP contribution < -0.4 is 0 Å². The van der Waals surface area contributed by atoms with E-state index in [1.54, 1.807) is 0 Å². The lowest BCUT2D eigenvalue weighted by Gasteiger charge is -2.24. The minimum absolute atomic E-state index is 0.127. The quantitative estimate of drug-likeness (QED) is 0.138. The van der Waals surface area contributed by atoms with E-state index in [1.807, 2.05) is 0 Å². The highest BCUT2D eigenvalue weighted by Crippen LogP contribution is 2.55. The van der Waals surface area contributed by atoms with Crippen LogP contribution in [0, 0.1) is 0 Å². The second kappa shape index (κ2) is 9.64. The van der Waals surface area contributed by atoms with Crippen LogP contribution in [0.4, 0.5) is 0 Å². The highest BCUT2D eigenvalue weighted by molar-refractivity contribution is 6.20. The molecule has 0 saturated heterocycles. The predicted molar refractivity (Wildman–Crippen MR) is 202 cm³/mol. The summed E-state index contributed by atoms with van der Waals surface area (Å²) in [6, 6.07) is 58.8. The van der Waals surface area contributed by atoms with E-state index < -0.39 is 0 Å². The van der Waals surface area contributed by atoms with Crippen LogP contribution >= 0.6 is 0 Å². The Morgan fingerprint density at radius 3 is 1.60 bits per heavy atom. The molecular weight excluding hydrogens is 565 g/mol. The molecule has 1 aliphatic carbocycles. The van der Waals surface area contributed by atoms with Crippen LogP contribution in [-0.2, 0) is 5.41 Å². The van der Waals surface area contributed by atoms with Crippen LogP contribution in [0.15, 0.2) is 158 Å². The topological polar surface area (TPSA) is 0 Å². The Morgan fingerprint density at radius 1 is 0.340 bits per heavy atom. The molecule has 0 bridgehead atoms. The van der Waals surface area contributed by atoms with Gasteiger partial charge in [0.25, 0.3) is 0 Å². The molecule has 0 N–H and O–H groups in total. The van der Waals surface area contributed by atoms with Gasteiger partial charge >= 0.3 is 0 Å². The van der Waals surface area contributed by atoms with Crippen LogP contribution in [0.1, 0.15) is 25.0 Å². The summed E-state index contributed by atoms with van der Waals surface area (Å²) in [5, 5.41) is 13.0. The second-order valence-corrected chi connectivity index (χ2v) is 13.7. The molecule has 10 rings (SSSR count). The van der Waals surface area contributed by atoms with Crippen molar-refractivity contribution >= 4 is 53.9 Å². The van der Waals surface area contributed by atoms with E-state index in [0.29, 0.717) is 0 Å². The molecule has 0 heteroatoms. The Kier molecular flexibility index (Phi) is 5.44. The molecule has 47 heavy (non-hydrogen) atoms. The van der Waals surface area contributed by atoms with Gasteiger partial charge in [-0.25, -0.2) is 0 Å². The first-order valence-electron chi connectivity index (χ1n) is 16.6. The molecule has 0 fully saturated rings. The van der Waals surface area contributed by atoms with E-state index >= 15 is 0 Å². The van der Waals surface area contributed by atoms with Crippen molar-refractivity contribution in [3.63, 3.8) is 0 Å². The van der Waals surface area contributed by atoms with Gasteiger partial charge in [0.15, 0.2) is 0 Å². The first-order valence-corrected chi connectivity index (χ1v) is 16.6. The summed E-state index contributed by atoms with van der Waals surface area (Å²) in [5.74, 6) is 0. The summed E-state index contributed by atoms with van der Waals surface area (Å²) in [6.07, 6.45) is 0. The molecule has 0 saturated carbocycles. The molecule has 0 heterocycles. The average molecular weight is 597 g/mol. The average Bonchev–Trinajstić information content (AvgIpc) is 3.35. The van der Waals surface area contributed by atoms with Gasteiger partial charge in [0, 0.05) is 5.41 Å². The fourth-order valence-electron chi connectivity index (χ4n) is 8.64. The maximum Gasteiger partial charge on any atom is 0.0165 e. The van der Waals surface area contributed by atoms with Gasteiger partial charge in [-0.1, -0.05) is 147 Å². The van der Waals surface area contributed by atoms with E-state index in [1.165, 1.54) is 98.4 Å². The lowest BCUT2D eigenvalue weighted by molar-refractivity contribution is 0.667. The molecule has 0 radical (unpaired) electrons. The number of benzene rings is 9. The van der Waals surface area contributed by atoms with Crippen molar-refractivity contribution in [2.24, 2.45) is 0 Å². The van der Waals surface area contributed by atoms with Crippen molar-refractivity contribution in [2.45, 2.75) is 19.3 Å². The first-order chi connectivity index (χ1) is 23.1. The van der Waals surface area contributed by atoms with Crippen LogP contribution in [0.5, 0.6) is 0 Å². The number of hydrogen-bond donors (Lipinski definition) is 0. The van der Waals surface area contributed by atoms with Crippen LogP contribution in [-0.4, -0.2) is 0 Å². The molecule has 0 unspecified atom stereocenters. The Labute approximate surface area is 274 Å². The Morgan fingerprint density at radius 2 is 0.894 bits per heavy atom. The summed E-state index contributed by atoms with van der Waals surface area (Å²) in [7, 11) is 0. The van der Waals surface area contributed by atoms with Crippen LogP contribution in [0.25, 0.3) is 87.2 Å². The lowest BCUT2D eigenvalue weighted by atomic mass is 9.78. The fraction of sp³-hybridized carbons (Fsp3) is 0.0638. The van der Waals surface area contributed by atoms with Gasteiger partial charge in [-0.05, 0) is 123 Å². The largest absolute Gasteiger partial charge is 0.0616 e. The monoisotopic (exact) mass is 596 g/mol. The SMILES string of the molecule is CC1(C)c2cc3ccccc3cc2-c2c1c1ccc(-c3ccccc3-c3c4ccccc4cc4ccccc34)cc1c1ccccc21. The van der Waals surface area contributed by atoms with Crippen molar-refractivity contribution in [3.05, 3.63) is 169 Å². The summed E-state index contributed by atoms with van der Waals surface area (Å²) >= 11 is 0. The molecule has 9 aromatic carbocycles. The number of rotatable bonds is 2. The third-order valence-electron chi connectivity index (χ3n) is 10.8. The molecule has 0 aliphatic heterocycles. The smallest absolute Gasteiger partial charge is 0.0165 e. The van der Waals surface area contributed by atoms with E-state index in [9.17, 15) is 0 Å². The van der Waals surface area contributed by atoms with Crippen molar-refractivity contribution < 1.29 is 0 Å². The Hall–Kier alpha value is -5.72. The van der Waals surface area contributed by atoms with Crippen molar-refractivity contribution in [1.29, 1.82) is 0 Å². The molecule has 0 nitrogen and oxygen atoms in total. The molecular formula is C47H32. The number of hydrogen-bond acceptors (Lipinski definition) is 0. The van der Waals surface area contributed by atoms with Gasteiger partial charge in [-0.2, -0.15) is 0 Å². The zero-order valence-electron chi connectivity index (χ0n) is 26.5. The third-order valence-corrected chi connectivity index (χ3v) is 10.8. The van der Waals surface area contributed by atoms with Crippen molar-refractivity contribution in [1.82, 2.24) is 0 Å². The minimum Gasteiger partial charge on any atom is -0.0616 e. The molecule has 0 spiro atoms. The predicted octanol–water partition coefficient (Wildman–Crippen LogP) is 13.1. The Balaban J connectivity index is 1.27. The van der Waals surface area contributed by atoms with Crippen LogP contribution in [0.3, 0.4) is 0 Å². The van der Waals surface area contributed by atoms with E-state index in [-0.39, 0.29) is 5.41 Å². The summed E-state index contributed by atoms with van der Waals surface area (Å²) in [6.45, 7) is 4.82. The van der Waals surface area contributed by atoms with Crippen molar-refractivity contribution in [3.8, 4) is 33.4 Å². The van der Waals surface area contributed by atoms with Gasteiger partial charge in [-0.3, -0.25) is 0 Å². The summed E-state index contributed by atoms with van der Waals surface area (Å²) in [5.41, 5.74) is 10.6. The molecule has 9 aromatic rings. The van der Waals surface area contributed by atoms with Gasteiger partial charge < -0.3 is 0 Å². The zero-order chi connectivity index (χ0) is 31.3. The molecule has 0 amide bonds. The van der Waals surface area contributed by atoms with Crippen LogP contribution in [0.2, 0.25) is 0 Å². The normalized spacial score (nSPS) is 13.5. The maximum atomic E-state index is 2.46. The van der Waals surface area contributed by atoms with E-state index in [0.717, 1.165) is 0 Å². The first kappa shape index (κ1) is 26.5. The highest BCUT2D eigenvalue weighted by Gasteiger charge is 2.38. The number of fused-ring (bicyclic) bond motifs is 11. The maximum absolute atomic E-state index is 2.46. The lowest BCUT2D eigenvalue weighted by Crippen LogP contribution is -2.15. The Bertz CT molecular complexity index is 2700. The minimum atomic E-state index is -0.127. The zero-order valence-corrected chi connectivity index (χ0v) is 26.5. The summed E-state index contributed by atoms with van der Waals surface area (Å²) < 4.78 is 0. The standard InChI is InChI=1S/C47H32/c1-47(2)43-28-30-14-4-3-13-29(30)26-42(43)45-39-22-12-10-20-37(39)41-27-33(23-24-40(41)46(45)47)34-17-9-11-21-38(34)44-35-18-7-5-15-31(35)25-32-16-6-8-19-36(32)44/h3-28H,1-2H3. The van der Waals surface area contributed by atoms with Gasteiger partial charge in [0.2, 0.25) is 0 Å². The molecule has 0 aromatic heterocycles. The fourth-order valence-corrected chi connectivity index (χ4v) is 8.64. The second-order valence-electron chi connectivity index (χ2n) is 13.7. The third kappa shape index (κ3) is 3.70. The van der Waals surface area contributed by atoms with E-state index in [2.05, 4.69) is 172 Å². The van der Waals surface area contributed by atoms with E-state index in [4.69, 9.17) is 0 Å².